The molecule has 0 saturated heterocycles. The van der Waals surface area contributed by atoms with Crippen LogP contribution in [0.3, 0.4) is 0 Å². The Hall–Kier alpha value is -1.21. The molecule has 3 rings (SSSR count). The highest BCUT2D eigenvalue weighted by molar-refractivity contribution is 14.1. The van der Waals surface area contributed by atoms with Crippen molar-refractivity contribution >= 4 is 28.4 Å². The van der Waals surface area contributed by atoms with E-state index < -0.39 is 0 Å². The third-order valence-electron chi connectivity index (χ3n) is 3.46. The lowest BCUT2D eigenvalue weighted by Gasteiger charge is -2.16. The minimum absolute atomic E-state index is 0.270. The van der Waals surface area contributed by atoms with Crippen molar-refractivity contribution in [1.29, 1.82) is 0 Å². The molecule has 5 heteroatoms. The van der Waals surface area contributed by atoms with Gasteiger partial charge in [-0.25, -0.2) is 9.97 Å². The third kappa shape index (κ3) is 2.64. The van der Waals surface area contributed by atoms with Gasteiger partial charge in [0.05, 0.1) is 9.26 Å². The zero-order chi connectivity index (χ0) is 14.1. The molecule has 0 bridgehead atoms. The molecule has 0 radical (unpaired) electrons. The number of methoxy groups -OCH3 is 1. The first kappa shape index (κ1) is 13.8. The summed E-state index contributed by atoms with van der Waals surface area (Å²) in [5, 5.41) is 0. The van der Waals surface area contributed by atoms with Crippen LogP contribution in [0, 0.1) is 3.57 Å². The summed E-state index contributed by atoms with van der Waals surface area (Å²) in [7, 11) is 1.67. The summed E-state index contributed by atoms with van der Waals surface area (Å²) in [6, 6.07) is 9.98. The maximum absolute atomic E-state index is 6.04. The van der Waals surface area contributed by atoms with Crippen LogP contribution in [-0.4, -0.2) is 17.1 Å². The van der Waals surface area contributed by atoms with E-state index in [1.807, 2.05) is 30.3 Å². The van der Waals surface area contributed by atoms with E-state index in [9.17, 15) is 0 Å². The van der Waals surface area contributed by atoms with Gasteiger partial charge in [0.2, 0.25) is 0 Å². The lowest BCUT2D eigenvalue weighted by Crippen LogP contribution is -2.13. The minimum atomic E-state index is -0.270. The standard InChI is InChI=1S/C15H16IN3O/c1-20-13(10-5-3-2-4-6-10)15-18-12(9-7-8-9)11(16)14(17)19-15/h2-6,9,13H,7-8H2,1H3,(H2,17,18,19). The van der Waals surface area contributed by atoms with Crippen molar-refractivity contribution in [1.82, 2.24) is 9.97 Å². The highest BCUT2D eigenvalue weighted by atomic mass is 127. The SMILES string of the molecule is COC(c1ccccc1)c1nc(N)c(I)c(C2CC2)n1. The van der Waals surface area contributed by atoms with Crippen LogP contribution in [0.4, 0.5) is 5.82 Å². The first-order chi connectivity index (χ1) is 9.70. The summed E-state index contributed by atoms with van der Waals surface area (Å²) in [5.41, 5.74) is 8.16. The fraction of sp³-hybridized carbons (Fsp3) is 0.333. The van der Waals surface area contributed by atoms with Gasteiger partial charge in [0, 0.05) is 13.0 Å². The average Bonchev–Trinajstić information content (AvgIpc) is 3.29. The topological polar surface area (TPSA) is 61.0 Å². The van der Waals surface area contributed by atoms with Crippen molar-refractivity contribution in [3.05, 3.63) is 51.0 Å². The van der Waals surface area contributed by atoms with Crippen LogP contribution in [-0.2, 0) is 4.74 Å². The predicted octanol–water partition coefficient (Wildman–Crippen LogP) is 3.28. The lowest BCUT2D eigenvalue weighted by molar-refractivity contribution is 0.129. The molecule has 1 fully saturated rings. The van der Waals surface area contributed by atoms with E-state index in [1.54, 1.807) is 7.11 Å². The summed E-state index contributed by atoms with van der Waals surface area (Å²) in [6.07, 6.45) is 2.11. The number of nitrogen functional groups attached to an aromatic ring is 1. The summed E-state index contributed by atoms with van der Waals surface area (Å²) in [4.78, 5) is 9.14. The fourth-order valence-electron chi connectivity index (χ4n) is 2.26. The van der Waals surface area contributed by atoms with E-state index in [0.29, 0.717) is 17.6 Å². The van der Waals surface area contributed by atoms with Crippen LogP contribution in [0.2, 0.25) is 0 Å². The molecule has 0 amide bonds. The Balaban J connectivity index is 2.04. The molecule has 0 aliphatic heterocycles. The number of rotatable bonds is 4. The summed E-state index contributed by atoms with van der Waals surface area (Å²) in [6.45, 7) is 0. The van der Waals surface area contributed by atoms with Gasteiger partial charge < -0.3 is 10.5 Å². The number of hydrogen-bond donors (Lipinski definition) is 1. The van der Waals surface area contributed by atoms with E-state index in [1.165, 1.54) is 12.8 Å². The number of aromatic nitrogens is 2. The highest BCUT2D eigenvalue weighted by Crippen LogP contribution is 2.42. The monoisotopic (exact) mass is 381 g/mol. The van der Waals surface area contributed by atoms with Crippen LogP contribution in [0.1, 0.15) is 41.9 Å². The molecule has 1 aromatic carbocycles. The van der Waals surface area contributed by atoms with E-state index in [-0.39, 0.29) is 6.10 Å². The Morgan fingerprint density at radius 1 is 1.25 bits per heavy atom. The van der Waals surface area contributed by atoms with Gasteiger partial charge >= 0.3 is 0 Å². The van der Waals surface area contributed by atoms with E-state index in [0.717, 1.165) is 14.8 Å². The van der Waals surface area contributed by atoms with Crippen LogP contribution in [0.25, 0.3) is 0 Å². The van der Waals surface area contributed by atoms with Crippen molar-refractivity contribution in [3.8, 4) is 0 Å². The zero-order valence-electron chi connectivity index (χ0n) is 11.2. The third-order valence-corrected chi connectivity index (χ3v) is 4.56. The molecule has 1 atom stereocenters. The van der Waals surface area contributed by atoms with Crippen molar-refractivity contribution in [2.24, 2.45) is 0 Å². The number of nitrogens with zero attached hydrogens (tertiary/aromatic N) is 2. The van der Waals surface area contributed by atoms with Gasteiger partial charge in [-0.2, -0.15) is 0 Å². The van der Waals surface area contributed by atoms with Gasteiger partial charge in [0.1, 0.15) is 11.9 Å². The van der Waals surface area contributed by atoms with Gasteiger partial charge in [0.25, 0.3) is 0 Å². The molecule has 1 aliphatic carbocycles. The quantitative estimate of drug-likeness (QED) is 0.826. The smallest absolute Gasteiger partial charge is 0.164 e. The van der Waals surface area contributed by atoms with E-state index in [2.05, 4.69) is 27.6 Å². The number of anilines is 1. The van der Waals surface area contributed by atoms with Gasteiger partial charge in [-0.1, -0.05) is 30.3 Å². The second-order valence-corrected chi connectivity index (χ2v) is 6.05. The molecular weight excluding hydrogens is 365 g/mol. The molecule has 2 aromatic rings. The van der Waals surface area contributed by atoms with Crippen LogP contribution >= 0.6 is 22.6 Å². The van der Waals surface area contributed by atoms with Gasteiger partial charge in [0.15, 0.2) is 5.82 Å². The maximum atomic E-state index is 6.04. The first-order valence-corrected chi connectivity index (χ1v) is 7.69. The van der Waals surface area contributed by atoms with Gasteiger partial charge in [-0.3, -0.25) is 0 Å². The molecule has 104 valence electrons. The second kappa shape index (κ2) is 5.65. The molecule has 1 aliphatic rings. The largest absolute Gasteiger partial charge is 0.383 e. The number of halogens is 1. The van der Waals surface area contributed by atoms with E-state index >= 15 is 0 Å². The molecule has 1 heterocycles. The lowest BCUT2D eigenvalue weighted by atomic mass is 10.1. The van der Waals surface area contributed by atoms with Crippen molar-refractivity contribution < 1.29 is 4.74 Å². The maximum Gasteiger partial charge on any atom is 0.164 e. The van der Waals surface area contributed by atoms with Gasteiger partial charge in [-0.05, 0) is 41.0 Å². The first-order valence-electron chi connectivity index (χ1n) is 6.61. The van der Waals surface area contributed by atoms with Crippen LogP contribution < -0.4 is 5.73 Å². The van der Waals surface area contributed by atoms with E-state index in [4.69, 9.17) is 15.5 Å². The predicted molar refractivity (Wildman–Crippen MR) is 86.4 cm³/mol. The molecule has 2 N–H and O–H groups in total. The highest BCUT2D eigenvalue weighted by Gasteiger charge is 2.30. The second-order valence-electron chi connectivity index (χ2n) is 4.97. The molecule has 1 aromatic heterocycles. The van der Waals surface area contributed by atoms with Crippen LogP contribution in [0.15, 0.2) is 30.3 Å². The zero-order valence-corrected chi connectivity index (χ0v) is 13.4. The Labute approximate surface area is 131 Å². The average molecular weight is 381 g/mol. The number of nitrogens with two attached hydrogens (primary N) is 1. The number of hydrogen-bond acceptors (Lipinski definition) is 4. The summed E-state index contributed by atoms with van der Waals surface area (Å²) in [5.74, 6) is 1.74. The van der Waals surface area contributed by atoms with Crippen molar-refractivity contribution in [2.45, 2.75) is 24.9 Å². The Morgan fingerprint density at radius 2 is 1.95 bits per heavy atom. The summed E-state index contributed by atoms with van der Waals surface area (Å²) >= 11 is 2.24. The molecule has 20 heavy (non-hydrogen) atoms. The normalized spacial score (nSPS) is 16.1. The van der Waals surface area contributed by atoms with Crippen molar-refractivity contribution in [3.63, 3.8) is 0 Å². The van der Waals surface area contributed by atoms with Crippen LogP contribution in [0.5, 0.6) is 0 Å². The van der Waals surface area contributed by atoms with Gasteiger partial charge in [-0.15, -0.1) is 0 Å². The fourth-order valence-corrected chi connectivity index (χ4v) is 2.95. The molecule has 0 spiro atoms. The number of benzene rings is 1. The molecule has 1 unspecified atom stereocenters. The molecular formula is C15H16IN3O. The minimum Gasteiger partial charge on any atom is -0.383 e. The molecule has 1 saturated carbocycles. The summed E-state index contributed by atoms with van der Waals surface area (Å²) < 4.78 is 6.57. The Morgan fingerprint density at radius 3 is 2.55 bits per heavy atom. The van der Waals surface area contributed by atoms with Crippen molar-refractivity contribution in [2.75, 3.05) is 12.8 Å². The molecule has 4 nitrogen and oxygen atoms in total. The Bertz CT molecular complexity index is 614. The number of ether oxygens (including phenoxy) is 1. The Kier molecular flexibility index (Phi) is 3.89.